The summed E-state index contributed by atoms with van der Waals surface area (Å²) in [6, 6.07) is 8.01. The van der Waals surface area contributed by atoms with Gasteiger partial charge in [0.05, 0.1) is 6.61 Å². The maximum absolute atomic E-state index is 5.44. The van der Waals surface area contributed by atoms with E-state index in [2.05, 4.69) is 12.6 Å². The van der Waals surface area contributed by atoms with Gasteiger partial charge < -0.3 is 9.64 Å². The Kier molecular flexibility index (Phi) is 3.96. The zero-order valence-corrected chi connectivity index (χ0v) is 8.92. The third kappa shape index (κ3) is 3.19. The second-order valence-electron chi connectivity index (χ2n) is 2.96. The predicted molar refractivity (Wildman–Crippen MR) is 60.1 cm³/mol. The van der Waals surface area contributed by atoms with E-state index in [1.165, 1.54) is 0 Å². The van der Waals surface area contributed by atoms with Gasteiger partial charge in [-0.1, -0.05) is 6.07 Å². The van der Waals surface area contributed by atoms with E-state index in [0.29, 0.717) is 6.61 Å². The Balaban J connectivity index is 2.68. The van der Waals surface area contributed by atoms with Crippen molar-refractivity contribution in [2.45, 2.75) is 0 Å². The number of hydrogen-bond donors (Lipinski definition) is 1. The van der Waals surface area contributed by atoms with Gasteiger partial charge in [-0.2, -0.15) is 12.6 Å². The SMILES string of the molecule is CN(C)c1cccc(OCCS)c1. The van der Waals surface area contributed by atoms with E-state index in [0.717, 1.165) is 17.2 Å². The second-order valence-corrected chi connectivity index (χ2v) is 3.41. The molecule has 0 amide bonds. The summed E-state index contributed by atoms with van der Waals surface area (Å²) in [5, 5.41) is 0. The Morgan fingerprint density at radius 2 is 2.15 bits per heavy atom. The fourth-order valence-corrected chi connectivity index (χ4v) is 1.11. The van der Waals surface area contributed by atoms with Crippen LogP contribution in [0.5, 0.6) is 5.75 Å². The van der Waals surface area contributed by atoms with Crippen LogP contribution in [0.25, 0.3) is 0 Å². The highest BCUT2D eigenvalue weighted by atomic mass is 32.1. The van der Waals surface area contributed by atoms with Crippen LogP contribution in [-0.2, 0) is 0 Å². The van der Waals surface area contributed by atoms with E-state index in [1.54, 1.807) is 0 Å². The highest BCUT2D eigenvalue weighted by Crippen LogP contribution is 2.18. The zero-order chi connectivity index (χ0) is 9.68. The van der Waals surface area contributed by atoms with Crippen LogP contribution in [0, 0.1) is 0 Å². The molecule has 0 aliphatic heterocycles. The molecule has 0 bridgehead atoms. The highest BCUT2D eigenvalue weighted by molar-refractivity contribution is 7.80. The van der Waals surface area contributed by atoms with Crippen molar-refractivity contribution < 1.29 is 4.74 Å². The Morgan fingerprint density at radius 1 is 1.38 bits per heavy atom. The van der Waals surface area contributed by atoms with E-state index in [9.17, 15) is 0 Å². The van der Waals surface area contributed by atoms with Crippen LogP contribution in [0.15, 0.2) is 24.3 Å². The molecule has 0 saturated heterocycles. The minimum atomic E-state index is 0.653. The maximum atomic E-state index is 5.44. The zero-order valence-electron chi connectivity index (χ0n) is 8.03. The summed E-state index contributed by atoms with van der Waals surface area (Å²) in [5.41, 5.74) is 1.15. The van der Waals surface area contributed by atoms with Gasteiger partial charge in [0.1, 0.15) is 5.75 Å². The van der Waals surface area contributed by atoms with E-state index in [-0.39, 0.29) is 0 Å². The fourth-order valence-electron chi connectivity index (χ4n) is 1.01. The number of anilines is 1. The smallest absolute Gasteiger partial charge is 0.121 e. The monoisotopic (exact) mass is 197 g/mol. The molecule has 1 rings (SSSR count). The van der Waals surface area contributed by atoms with Crippen molar-refractivity contribution in [3.05, 3.63) is 24.3 Å². The van der Waals surface area contributed by atoms with Crippen molar-refractivity contribution >= 4 is 18.3 Å². The fraction of sp³-hybridized carbons (Fsp3) is 0.400. The minimum Gasteiger partial charge on any atom is -0.493 e. The summed E-state index contributed by atoms with van der Waals surface area (Å²) in [5.74, 6) is 1.65. The van der Waals surface area contributed by atoms with Gasteiger partial charge in [-0.05, 0) is 12.1 Å². The molecule has 0 N–H and O–H groups in total. The summed E-state index contributed by atoms with van der Waals surface area (Å²) < 4.78 is 5.44. The third-order valence-electron chi connectivity index (χ3n) is 1.69. The lowest BCUT2D eigenvalue weighted by Gasteiger charge is -2.13. The van der Waals surface area contributed by atoms with Crippen LogP contribution in [0.4, 0.5) is 5.69 Å². The maximum Gasteiger partial charge on any atom is 0.121 e. The topological polar surface area (TPSA) is 12.5 Å². The number of hydrogen-bond acceptors (Lipinski definition) is 3. The van der Waals surface area contributed by atoms with Crippen molar-refractivity contribution in [1.82, 2.24) is 0 Å². The van der Waals surface area contributed by atoms with Crippen LogP contribution in [0.3, 0.4) is 0 Å². The molecule has 0 spiro atoms. The molecule has 0 unspecified atom stereocenters. The lowest BCUT2D eigenvalue weighted by molar-refractivity contribution is 0.344. The van der Waals surface area contributed by atoms with Gasteiger partial charge in [0, 0.05) is 31.6 Å². The molecule has 0 heterocycles. The molecular weight excluding hydrogens is 182 g/mol. The highest BCUT2D eigenvalue weighted by Gasteiger charge is 1.97. The number of rotatable bonds is 4. The molecule has 72 valence electrons. The normalized spacial score (nSPS) is 9.77. The van der Waals surface area contributed by atoms with Gasteiger partial charge in [-0.15, -0.1) is 0 Å². The molecule has 1 aromatic rings. The summed E-state index contributed by atoms with van der Waals surface area (Å²) in [7, 11) is 4.02. The first-order valence-corrected chi connectivity index (χ1v) is 4.88. The Labute approximate surface area is 84.9 Å². The van der Waals surface area contributed by atoms with Gasteiger partial charge in [0.25, 0.3) is 0 Å². The first-order chi connectivity index (χ1) is 6.24. The summed E-state index contributed by atoms with van der Waals surface area (Å²) >= 11 is 4.08. The molecule has 0 radical (unpaired) electrons. The number of ether oxygens (including phenoxy) is 1. The lowest BCUT2D eigenvalue weighted by atomic mass is 10.3. The van der Waals surface area contributed by atoms with Gasteiger partial charge in [-0.25, -0.2) is 0 Å². The second kappa shape index (κ2) is 5.02. The van der Waals surface area contributed by atoms with Crippen LogP contribution >= 0.6 is 12.6 Å². The van der Waals surface area contributed by atoms with E-state index in [4.69, 9.17) is 4.74 Å². The number of nitrogens with zero attached hydrogens (tertiary/aromatic N) is 1. The summed E-state index contributed by atoms with van der Waals surface area (Å²) in [4.78, 5) is 2.05. The van der Waals surface area contributed by atoms with Crippen molar-refractivity contribution in [2.75, 3.05) is 31.4 Å². The largest absolute Gasteiger partial charge is 0.493 e. The Morgan fingerprint density at radius 3 is 2.77 bits per heavy atom. The Bertz CT molecular complexity index is 263. The van der Waals surface area contributed by atoms with Crippen molar-refractivity contribution in [3.8, 4) is 5.75 Å². The standard InChI is InChI=1S/C10H15NOS/c1-11(2)9-4-3-5-10(8-9)12-6-7-13/h3-5,8,13H,6-7H2,1-2H3. The van der Waals surface area contributed by atoms with Crippen molar-refractivity contribution in [3.63, 3.8) is 0 Å². The van der Waals surface area contributed by atoms with Crippen LogP contribution < -0.4 is 9.64 Å². The first-order valence-electron chi connectivity index (χ1n) is 4.25. The van der Waals surface area contributed by atoms with Gasteiger partial charge in [0.15, 0.2) is 0 Å². The van der Waals surface area contributed by atoms with Gasteiger partial charge in [0.2, 0.25) is 0 Å². The third-order valence-corrected chi connectivity index (χ3v) is 1.88. The average Bonchev–Trinajstić information content (AvgIpc) is 2.15. The molecule has 0 aliphatic rings. The van der Waals surface area contributed by atoms with Crippen molar-refractivity contribution in [2.24, 2.45) is 0 Å². The number of benzene rings is 1. The molecule has 0 fully saturated rings. The molecule has 1 aromatic carbocycles. The molecule has 13 heavy (non-hydrogen) atoms. The van der Waals surface area contributed by atoms with Crippen LogP contribution in [-0.4, -0.2) is 26.5 Å². The molecule has 0 saturated carbocycles. The summed E-state index contributed by atoms with van der Waals surface area (Å²) in [6.45, 7) is 0.653. The lowest BCUT2D eigenvalue weighted by Crippen LogP contribution is -2.08. The molecule has 3 heteroatoms. The first kappa shape index (κ1) is 10.3. The van der Waals surface area contributed by atoms with Gasteiger partial charge >= 0.3 is 0 Å². The van der Waals surface area contributed by atoms with E-state index >= 15 is 0 Å². The Hall–Kier alpha value is -0.830. The average molecular weight is 197 g/mol. The molecule has 2 nitrogen and oxygen atoms in total. The van der Waals surface area contributed by atoms with E-state index in [1.807, 2.05) is 43.3 Å². The van der Waals surface area contributed by atoms with Gasteiger partial charge in [-0.3, -0.25) is 0 Å². The van der Waals surface area contributed by atoms with Crippen molar-refractivity contribution in [1.29, 1.82) is 0 Å². The van der Waals surface area contributed by atoms with E-state index < -0.39 is 0 Å². The predicted octanol–water partition coefficient (Wildman–Crippen LogP) is 2.06. The quantitative estimate of drug-likeness (QED) is 0.742. The summed E-state index contributed by atoms with van der Waals surface area (Å²) in [6.07, 6.45) is 0. The molecule has 0 atom stereocenters. The molecule has 0 aromatic heterocycles. The molecular formula is C10H15NOS. The molecule has 0 aliphatic carbocycles. The van der Waals surface area contributed by atoms with Crippen LogP contribution in [0.1, 0.15) is 0 Å². The van der Waals surface area contributed by atoms with Crippen LogP contribution in [0.2, 0.25) is 0 Å². The minimum absolute atomic E-state index is 0.653. The number of thiol groups is 1.